The summed E-state index contributed by atoms with van der Waals surface area (Å²) in [5.74, 6) is -0.162. The number of benzene rings is 2. The second-order valence-electron chi connectivity index (χ2n) is 6.31. The number of halogens is 2. The lowest BCUT2D eigenvalue weighted by Gasteiger charge is -2.11. The zero-order valence-corrected chi connectivity index (χ0v) is 16.7. The lowest BCUT2D eigenvalue weighted by atomic mass is 10.2. The average Bonchev–Trinajstić information content (AvgIpc) is 3.33. The Labute approximate surface area is 170 Å². The zero-order valence-electron chi connectivity index (χ0n) is 15.1. The zero-order chi connectivity index (χ0) is 19.5. The van der Waals surface area contributed by atoms with Crippen LogP contribution >= 0.6 is 23.1 Å². The van der Waals surface area contributed by atoms with Crippen molar-refractivity contribution in [1.82, 2.24) is 14.8 Å². The minimum Gasteiger partial charge on any atom is -0.274 e. The van der Waals surface area contributed by atoms with Gasteiger partial charge >= 0.3 is 0 Å². The molecule has 28 heavy (non-hydrogen) atoms. The summed E-state index contributed by atoms with van der Waals surface area (Å²) >= 11 is 2.93. The Hall–Kier alpha value is -2.51. The molecule has 0 saturated carbocycles. The second-order valence-corrected chi connectivity index (χ2v) is 8.29. The van der Waals surface area contributed by atoms with Crippen LogP contribution in [0, 0.1) is 18.6 Å². The van der Waals surface area contributed by atoms with Crippen molar-refractivity contribution >= 4 is 23.1 Å². The minimum atomic E-state index is -0.548. The number of aryl methyl sites for hydroxylation is 1. The third-order valence-corrected chi connectivity index (χ3v) is 6.14. The van der Waals surface area contributed by atoms with Crippen molar-refractivity contribution in [1.29, 1.82) is 0 Å². The molecule has 2 heterocycles. The fourth-order valence-corrected chi connectivity index (χ4v) is 4.53. The number of hydrogen-bond donors (Lipinski definition) is 0. The Kier molecular flexibility index (Phi) is 5.54. The Morgan fingerprint density at radius 1 is 0.964 bits per heavy atom. The van der Waals surface area contributed by atoms with Crippen LogP contribution in [0.5, 0.6) is 0 Å². The number of nitrogens with zero attached hydrogens (tertiary/aromatic N) is 3. The molecule has 0 aliphatic rings. The summed E-state index contributed by atoms with van der Waals surface area (Å²) in [5.41, 5.74) is 2.13. The molecule has 0 atom stereocenters. The number of hydrogen-bond acceptors (Lipinski definition) is 4. The molecule has 0 amide bonds. The number of aromatic nitrogens is 3. The molecule has 7 heteroatoms. The highest BCUT2D eigenvalue weighted by Crippen LogP contribution is 2.28. The molecule has 0 aliphatic carbocycles. The fourth-order valence-electron chi connectivity index (χ4n) is 2.84. The molecular weight excluding hydrogens is 396 g/mol. The van der Waals surface area contributed by atoms with E-state index in [2.05, 4.69) is 16.3 Å². The summed E-state index contributed by atoms with van der Waals surface area (Å²) in [5, 5.41) is 11.3. The van der Waals surface area contributed by atoms with Crippen LogP contribution in [0.15, 0.2) is 65.1 Å². The van der Waals surface area contributed by atoms with Crippen LogP contribution in [-0.2, 0) is 12.2 Å². The highest BCUT2D eigenvalue weighted by Gasteiger charge is 2.17. The van der Waals surface area contributed by atoms with Crippen molar-refractivity contribution in [3.63, 3.8) is 0 Å². The molecule has 3 nitrogen and oxygen atoms in total. The van der Waals surface area contributed by atoms with Crippen LogP contribution in [-0.4, -0.2) is 14.8 Å². The Morgan fingerprint density at radius 2 is 1.71 bits per heavy atom. The predicted octanol–water partition coefficient (Wildman–Crippen LogP) is 5.80. The second kappa shape index (κ2) is 8.24. The summed E-state index contributed by atoms with van der Waals surface area (Å²) in [7, 11) is 0. The molecular formula is C21H17F2N3S2. The Morgan fingerprint density at radius 3 is 2.39 bits per heavy atom. The van der Waals surface area contributed by atoms with Crippen LogP contribution in [0.3, 0.4) is 0 Å². The molecule has 0 fully saturated rings. The largest absolute Gasteiger partial charge is 0.274 e. The van der Waals surface area contributed by atoms with Gasteiger partial charge in [0.05, 0.1) is 0 Å². The molecule has 142 valence electrons. The van der Waals surface area contributed by atoms with Gasteiger partial charge in [0, 0.05) is 28.3 Å². The number of rotatable bonds is 6. The van der Waals surface area contributed by atoms with Gasteiger partial charge in [-0.25, -0.2) is 8.78 Å². The van der Waals surface area contributed by atoms with E-state index < -0.39 is 11.6 Å². The third-order valence-electron chi connectivity index (χ3n) is 4.31. The van der Waals surface area contributed by atoms with Gasteiger partial charge in [0.2, 0.25) is 0 Å². The summed E-state index contributed by atoms with van der Waals surface area (Å²) in [4.78, 5) is 1.18. The lowest BCUT2D eigenvalue weighted by Crippen LogP contribution is -2.03. The van der Waals surface area contributed by atoms with E-state index >= 15 is 0 Å². The van der Waals surface area contributed by atoms with Crippen molar-refractivity contribution in [2.45, 2.75) is 24.3 Å². The van der Waals surface area contributed by atoms with Gasteiger partial charge in [0.15, 0.2) is 5.16 Å². The standard InChI is InChI=1S/C21H17F2N3S2/c1-14-7-9-15(10-8-14)26-20(12-16-4-3-11-27-16)24-25-21(26)28-13-17-18(22)5-2-6-19(17)23/h2-11H,12-13H2,1H3. The molecule has 4 aromatic rings. The van der Waals surface area contributed by atoms with E-state index in [4.69, 9.17) is 0 Å². The average molecular weight is 414 g/mol. The molecule has 0 saturated heterocycles. The Balaban J connectivity index is 1.68. The molecule has 0 radical (unpaired) electrons. The topological polar surface area (TPSA) is 30.7 Å². The van der Waals surface area contributed by atoms with Crippen LogP contribution in [0.4, 0.5) is 8.78 Å². The first-order chi connectivity index (χ1) is 13.6. The predicted molar refractivity (Wildman–Crippen MR) is 109 cm³/mol. The third kappa shape index (κ3) is 4.00. The van der Waals surface area contributed by atoms with E-state index in [1.807, 2.05) is 47.2 Å². The highest BCUT2D eigenvalue weighted by atomic mass is 32.2. The highest BCUT2D eigenvalue weighted by molar-refractivity contribution is 7.98. The minimum absolute atomic E-state index is 0.0470. The van der Waals surface area contributed by atoms with Crippen LogP contribution in [0.1, 0.15) is 21.8 Å². The molecule has 0 bridgehead atoms. The van der Waals surface area contributed by atoms with E-state index in [1.165, 1.54) is 34.8 Å². The van der Waals surface area contributed by atoms with E-state index in [-0.39, 0.29) is 11.3 Å². The molecule has 0 spiro atoms. The SMILES string of the molecule is Cc1ccc(-n2c(Cc3cccs3)nnc2SCc2c(F)cccc2F)cc1. The molecule has 4 rings (SSSR count). The van der Waals surface area contributed by atoms with Crippen LogP contribution < -0.4 is 0 Å². The van der Waals surface area contributed by atoms with Crippen LogP contribution in [0.2, 0.25) is 0 Å². The summed E-state index contributed by atoms with van der Waals surface area (Å²) < 4.78 is 29.9. The molecule has 2 aromatic heterocycles. The van der Waals surface area contributed by atoms with Gasteiger partial charge in [0.1, 0.15) is 17.5 Å². The number of thiophene rings is 1. The van der Waals surface area contributed by atoms with Crippen LogP contribution in [0.25, 0.3) is 5.69 Å². The lowest BCUT2D eigenvalue weighted by molar-refractivity contribution is 0.566. The summed E-state index contributed by atoms with van der Waals surface area (Å²) in [6.07, 6.45) is 0.646. The van der Waals surface area contributed by atoms with Gasteiger partial charge in [0.25, 0.3) is 0 Å². The monoisotopic (exact) mass is 413 g/mol. The van der Waals surface area contributed by atoms with Crippen molar-refractivity contribution in [2.75, 3.05) is 0 Å². The number of thioether (sulfide) groups is 1. The molecule has 0 aliphatic heterocycles. The van der Waals surface area contributed by atoms with Gasteiger partial charge < -0.3 is 0 Å². The first-order valence-electron chi connectivity index (χ1n) is 8.71. The summed E-state index contributed by atoms with van der Waals surface area (Å²) in [6.45, 7) is 2.03. The first kappa shape index (κ1) is 18.8. The van der Waals surface area contributed by atoms with Crippen molar-refractivity contribution in [3.05, 3.63) is 93.4 Å². The van der Waals surface area contributed by atoms with Crippen molar-refractivity contribution in [2.24, 2.45) is 0 Å². The van der Waals surface area contributed by atoms with Gasteiger partial charge in [-0.3, -0.25) is 4.57 Å². The molecule has 2 aromatic carbocycles. The normalized spacial score (nSPS) is 11.1. The van der Waals surface area contributed by atoms with E-state index in [0.717, 1.165) is 17.1 Å². The summed E-state index contributed by atoms with van der Waals surface area (Å²) in [6, 6.07) is 16.0. The van der Waals surface area contributed by atoms with Gasteiger partial charge in [-0.05, 0) is 42.6 Å². The quantitative estimate of drug-likeness (QED) is 0.374. The van der Waals surface area contributed by atoms with Gasteiger partial charge in [-0.15, -0.1) is 21.5 Å². The first-order valence-corrected chi connectivity index (χ1v) is 10.6. The Bertz CT molecular complexity index is 1050. The smallest absolute Gasteiger partial charge is 0.196 e. The van der Waals surface area contributed by atoms with E-state index in [9.17, 15) is 8.78 Å². The van der Waals surface area contributed by atoms with Crippen molar-refractivity contribution in [3.8, 4) is 5.69 Å². The van der Waals surface area contributed by atoms with Gasteiger partial charge in [-0.2, -0.15) is 0 Å². The van der Waals surface area contributed by atoms with Crippen molar-refractivity contribution < 1.29 is 8.78 Å². The molecule has 0 unspecified atom stereocenters. The van der Waals surface area contributed by atoms with E-state index in [1.54, 1.807) is 11.3 Å². The van der Waals surface area contributed by atoms with Gasteiger partial charge in [-0.1, -0.05) is 41.6 Å². The maximum atomic E-state index is 14.0. The fraction of sp³-hybridized carbons (Fsp3) is 0.143. The van der Waals surface area contributed by atoms with E-state index in [0.29, 0.717) is 11.6 Å². The maximum absolute atomic E-state index is 14.0. The molecule has 0 N–H and O–H groups in total. The maximum Gasteiger partial charge on any atom is 0.196 e.